The number of guanidine groups is 1. The number of carbonyl (C=O) groups excluding carboxylic acids is 1. The Labute approximate surface area is 160 Å². The van der Waals surface area contributed by atoms with Crippen molar-refractivity contribution in [3.8, 4) is 5.88 Å². The van der Waals surface area contributed by atoms with Crippen LogP contribution in [0.2, 0.25) is 0 Å². The van der Waals surface area contributed by atoms with E-state index in [4.69, 9.17) is 4.74 Å². The highest BCUT2D eigenvalue weighted by Crippen LogP contribution is 2.13. The number of amides is 1. The zero-order chi connectivity index (χ0) is 19.6. The van der Waals surface area contributed by atoms with E-state index < -0.39 is 0 Å². The van der Waals surface area contributed by atoms with E-state index in [1.54, 1.807) is 32.3 Å². The molecule has 0 spiro atoms. The molecular formula is C20H27N5O2. The van der Waals surface area contributed by atoms with Gasteiger partial charge in [0.2, 0.25) is 5.88 Å². The Kier molecular flexibility index (Phi) is 7.61. The quantitative estimate of drug-likeness (QED) is 0.577. The number of hydrogen-bond donors (Lipinski definition) is 2. The summed E-state index contributed by atoms with van der Waals surface area (Å²) in [4.78, 5) is 22.3. The molecule has 1 aromatic carbocycles. The van der Waals surface area contributed by atoms with Gasteiger partial charge in [-0.3, -0.25) is 4.79 Å². The van der Waals surface area contributed by atoms with Gasteiger partial charge in [-0.25, -0.2) is 9.98 Å². The van der Waals surface area contributed by atoms with E-state index in [1.165, 1.54) is 0 Å². The van der Waals surface area contributed by atoms with E-state index in [2.05, 4.69) is 20.6 Å². The van der Waals surface area contributed by atoms with Crippen LogP contribution in [0.25, 0.3) is 0 Å². The second kappa shape index (κ2) is 10.2. The van der Waals surface area contributed by atoms with Crippen LogP contribution in [0.15, 0.2) is 47.6 Å². The van der Waals surface area contributed by atoms with Gasteiger partial charge in [0.15, 0.2) is 5.96 Å². The van der Waals surface area contributed by atoms with Crippen molar-refractivity contribution in [1.29, 1.82) is 0 Å². The predicted molar refractivity (Wildman–Crippen MR) is 107 cm³/mol. The maximum Gasteiger partial charge on any atom is 0.253 e. The molecule has 0 radical (unpaired) electrons. The maximum absolute atomic E-state index is 11.9. The number of benzene rings is 1. The largest absolute Gasteiger partial charge is 0.481 e. The van der Waals surface area contributed by atoms with Crippen LogP contribution in [0.3, 0.4) is 0 Å². The Bertz CT molecular complexity index is 772. The number of nitrogens with zero attached hydrogens (tertiary/aromatic N) is 3. The molecule has 0 bridgehead atoms. The van der Waals surface area contributed by atoms with Gasteiger partial charge in [0, 0.05) is 44.5 Å². The van der Waals surface area contributed by atoms with Crippen molar-refractivity contribution >= 4 is 11.9 Å². The van der Waals surface area contributed by atoms with Crippen LogP contribution in [0.5, 0.6) is 5.88 Å². The van der Waals surface area contributed by atoms with Crippen molar-refractivity contribution < 1.29 is 9.53 Å². The van der Waals surface area contributed by atoms with Gasteiger partial charge in [-0.1, -0.05) is 18.2 Å². The Morgan fingerprint density at radius 1 is 1.19 bits per heavy atom. The van der Waals surface area contributed by atoms with Crippen molar-refractivity contribution in [1.82, 2.24) is 20.5 Å². The molecular weight excluding hydrogens is 342 g/mol. The molecule has 1 aromatic heterocycles. The van der Waals surface area contributed by atoms with Crippen LogP contribution in [-0.4, -0.2) is 49.5 Å². The highest BCUT2D eigenvalue weighted by molar-refractivity contribution is 5.93. The molecule has 0 fully saturated rings. The summed E-state index contributed by atoms with van der Waals surface area (Å²) in [5, 5.41) is 6.51. The molecule has 1 heterocycles. The summed E-state index contributed by atoms with van der Waals surface area (Å²) < 4.78 is 5.27. The number of hydrogen-bond acceptors (Lipinski definition) is 4. The lowest BCUT2D eigenvalue weighted by Gasteiger charge is -2.13. The van der Waals surface area contributed by atoms with Crippen molar-refractivity contribution in [3.05, 3.63) is 59.3 Å². The highest BCUT2D eigenvalue weighted by Gasteiger charge is 2.07. The average molecular weight is 369 g/mol. The number of nitrogens with one attached hydrogen (secondary N) is 2. The molecule has 7 nitrogen and oxygen atoms in total. The molecule has 0 saturated heterocycles. The van der Waals surface area contributed by atoms with Gasteiger partial charge in [0.05, 0.1) is 13.7 Å². The molecule has 0 unspecified atom stereocenters. The first-order chi connectivity index (χ1) is 13.0. The minimum Gasteiger partial charge on any atom is -0.481 e. The van der Waals surface area contributed by atoms with E-state index >= 15 is 0 Å². The topological polar surface area (TPSA) is 78.9 Å². The third-order valence-electron chi connectivity index (χ3n) is 3.86. The Balaban J connectivity index is 2.01. The molecule has 27 heavy (non-hydrogen) atoms. The number of rotatable bonds is 7. The van der Waals surface area contributed by atoms with Crippen LogP contribution in [0.4, 0.5) is 0 Å². The van der Waals surface area contributed by atoms with Gasteiger partial charge in [-0.2, -0.15) is 0 Å². The Hall–Kier alpha value is -3.09. The number of ether oxygens (including phenoxy) is 1. The first kappa shape index (κ1) is 20.2. The molecule has 0 aliphatic rings. The van der Waals surface area contributed by atoms with Gasteiger partial charge in [0.1, 0.15) is 0 Å². The van der Waals surface area contributed by atoms with E-state index in [1.807, 2.05) is 43.3 Å². The fourth-order valence-electron chi connectivity index (χ4n) is 2.44. The van der Waals surface area contributed by atoms with E-state index in [-0.39, 0.29) is 5.91 Å². The van der Waals surface area contributed by atoms with Crippen LogP contribution < -0.4 is 15.4 Å². The second-order valence-corrected chi connectivity index (χ2v) is 6.12. The van der Waals surface area contributed by atoms with Crippen LogP contribution in [0.1, 0.15) is 28.4 Å². The lowest BCUT2D eigenvalue weighted by atomic mass is 10.1. The standard InChI is InChI=1S/C20H27N5O2/c1-5-21-20(24-14-17-7-6-12-22-18(17)27-4)23-13-15-8-10-16(11-9-15)19(26)25(2)3/h6-12H,5,13-14H2,1-4H3,(H2,21,23,24). The van der Waals surface area contributed by atoms with Crippen molar-refractivity contribution in [2.45, 2.75) is 20.0 Å². The predicted octanol–water partition coefficient (Wildman–Crippen LogP) is 2.05. The molecule has 0 saturated carbocycles. The normalized spacial score (nSPS) is 11.0. The Morgan fingerprint density at radius 2 is 1.93 bits per heavy atom. The average Bonchev–Trinajstić information content (AvgIpc) is 2.70. The number of methoxy groups -OCH3 is 1. The summed E-state index contributed by atoms with van der Waals surface area (Å²) >= 11 is 0. The summed E-state index contributed by atoms with van der Waals surface area (Å²) in [5.41, 5.74) is 2.65. The molecule has 0 aliphatic heterocycles. The lowest BCUT2D eigenvalue weighted by Crippen LogP contribution is -2.36. The summed E-state index contributed by atoms with van der Waals surface area (Å²) in [5.74, 6) is 1.30. The van der Waals surface area contributed by atoms with E-state index in [0.717, 1.165) is 17.7 Å². The fraction of sp³-hybridized carbons (Fsp3) is 0.350. The van der Waals surface area contributed by atoms with E-state index in [0.29, 0.717) is 30.5 Å². The van der Waals surface area contributed by atoms with Gasteiger partial charge in [-0.05, 0) is 30.7 Å². The first-order valence-corrected chi connectivity index (χ1v) is 8.85. The Morgan fingerprint density at radius 3 is 2.56 bits per heavy atom. The summed E-state index contributed by atoms with van der Waals surface area (Å²) in [7, 11) is 5.09. The van der Waals surface area contributed by atoms with Gasteiger partial charge < -0.3 is 20.3 Å². The molecule has 7 heteroatoms. The summed E-state index contributed by atoms with van der Waals surface area (Å²) in [6.45, 7) is 3.84. The highest BCUT2D eigenvalue weighted by atomic mass is 16.5. The lowest BCUT2D eigenvalue weighted by molar-refractivity contribution is 0.0827. The van der Waals surface area contributed by atoms with Crippen LogP contribution >= 0.6 is 0 Å². The first-order valence-electron chi connectivity index (χ1n) is 8.85. The minimum absolute atomic E-state index is 0.00882. The van der Waals surface area contributed by atoms with Crippen molar-refractivity contribution in [2.24, 2.45) is 4.99 Å². The monoisotopic (exact) mass is 369 g/mol. The second-order valence-electron chi connectivity index (χ2n) is 6.12. The third-order valence-corrected chi connectivity index (χ3v) is 3.86. The summed E-state index contributed by atoms with van der Waals surface area (Å²) in [6, 6.07) is 11.3. The third kappa shape index (κ3) is 5.99. The number of aromatic nitrogens is 1. The minimum atomic E-state index is -0.00882. The zero-order valence-electron chi connectivity index (χ0n) is 16.3. The van der Waals surface area contributed by atoms with Crippen LogP contribution in [0, 0.1) is 0 Å². The SMILES string of the molecule is CCNC(=NCc1ccc(C(=O)N(C)C)cc1)NCc1cccnc1OC. The maximum atomic E-state index is 11.9. The number of carbonyl (C=O) groups is 1. The van der Waals surface area contributed by atoms with Gasteiger partial charge >= 0.3 is 0 Å². The molecule has 0 aliphatic carbocycles. The summed E-state index contributed by atoms with van der Waals surface area (Å²) in [6.07, 6.45) is 1.70. The smallest absolute Gasteiger partial charge is 0.253 e. The molecule has 2 N–H and O–H groups in total. The zero-order valence-corrected chi connectivity index (χ0v) is 16.3. The molecule has 144 valence electrons. The van der Waals surface area contributed by atoms with E-state index in [9.17, 15) is 4.79 Å². The van der Waals surface area contributed by atoms with Crippen LogP contribution in [-0.2, 0) is 13.1 Å². The molecule has 1 amide bonds. The molecule has 2 aromatic rings. The number of aliphatic imine (C=N–C) groups is 1. The van der Waals surface area contributed by atoms with Crippen molar-refractivity contribution in [2.75, 3.05) is 27.7 Å². The van der Waals surface area contributed by atoms with Crippen molar-refractivity contribution in [3.63, 3.8) is 0 Å². The number of pyridine rings is 1. The molecule has 0 atom stereocenters. The van der Waals surface area contributed by atoms with Gasteiger partial charge in [0.25, 0.3) is 5.91 Å². The molecule has 2 rings (SSSR count). The fourth-order valence-corrected chi connectivity index (χ4v) is 2.44. The van der Waals surface area contributed by atoms with Gasteiger partial charge in [-0.15, -0.1) is 0 Å².